The van der Waals surface area contributed by atoms with Crippen LogP contribution in [0.25, 0.3) is 21.9 Å². The minimum atomic E-state index is -0.484. The molecule has 0 radical (unpaired) electrons. The number of H-pyrrole nitrogens is 2. The Bertz CT molecular complexity index is 1340. The summed E-state index contributed by atoms with van der Waals surface area (Å²) in [5.41, 5.74) is 2.05. The first-order valence-corrected chi connectivity index (χ1v) is 10.0. The summed E-state index contributed by atoms with van der Waals surface area (Å²) >= 11 is 1.23. The molecule has 2 aromatic heterocycles. The second-order valence-electron chi connectivity index (χ2n) is 6.55. The minimum Gasteiger partial charge on any atom is -0.325 e. The van der Waals surface area contributed by atoms with Crippen molar-refractivity contribution in [1.82, 2.24) is 19.5 Å². The smallest absolute Gasteiger partial charge is 0.323 e. The average Bonchev–Trinajstić information content (AvgIpc) is 3.07. The number of anilines is 1. The fraction of sp³-hybridized carbons (Fsp3) is 0.200. The lowest BCUT2D eigenvalue weighted by Crippen LogP contribution is -2.26. The number of benzene rings is 2. The molecule has 0 saturated carbocycles. The average molecular weight is 409 g/mol. The van der Waals surface area contributed by atoms with Crippen LogP contribution in [0.3, 0.4) is 0 Å². The highest BCUT2D eigenvalue weighted by Crippen LogP contribution is 2.24. The van der Waals surface area contributed by atoms with E-state index < -0.39 is 5.25 Å². The van der Waals surface area contributed by atoms with Gasteiger partial charge < -0.3 is 15.3 Å². The molecule has 2 aromatic carbocycles. The van der Waals surface area contributed by atoms with Gasteiger partial charge in [0, 0.05) is 12.2 Å². The topological polar surface area (TPSA) is 113 Å². The van der Waals surface area contributed by atoms with Gasteiger partial charge in [-0.05, 0) is 44.2 Å². The van der Waals surface area contributed by atoms with Gasteiger partial charge in [0.25, 0.3) is 5.56 Å². The summed E-state index contributed by atoms with van der Waals surface area (Å²) in [6.07, 6.45) is 0. The summed E-state index contributed by atoms with van der Waals surface area (Å²) in [5.74, 6) is -0.225. The Morgan fingerprint density at radius 3 is 2.72 bits per heavy atom. The van der Waals surface area contributed by atoms with Gasteiger partial charge in [0.15, 0.2) is 5.16 Å². The lowest BCUT2D eigenvalue weighted by molar-refractivity contribution is -0.115. The molecular weight excluding hydrogens is 390 g/mol. The third-order valence-electron chi connectivity index (χ3n) is 4.58. The van der Waals surface area contributed by atoms with E-state index in [1.54, 1.807) is 41.8 Å². The fourth-order valence-electron chi connectivity index (χ4n) is 3.08. The van der Waals surface area contributed by atoms with Crippen LogP contribution in [0.2, 0.25) is 0 Å². The van der Waals surface area contributed by atoms with Gasteiger partial charge in [-0.3, -0.25) is 14.2 Å². The quantitative estimate of drug-likeness (QED) is 0.347. The van der Waals surface area contributed by atoms with Gasteiger partial charge in [0.1, 0.15) is 0 Å². The van der Waals surface area contributed by atoms with E-state index >= 15 is 0 Å². The highest BCUT2D eigenvalue weighted by atomic mass is 32.2. The third-order valence-corrected chi connectivity index (χ3v) is 5.67. The molecule has 29 heavy (non-hydrogen) atoms. The van der Waals surface area contributed by atoms with Crippen LogP contribution < -0.4 is 16.6 Å². The van der Waals surface area contributed by atoms with Gasteiger partial charge in [-0.2, -0.15) is 0 Å². The Morgan fingerprint density at radius 1 is 1.17 bits per heavy atom. The third kappa shape index (κ3) is 3.68. The SMILES string of the molecule is CCn1c(SC(C)C(=O)Nc2ccc3[nH]c(=O)[nH]c3c2)nc2ccccc2c1=O. The Hall–Kier alpha value is -3.33. The standard InChI is InChI=1S/C20H19N5O3S/c1-3-25-18(27)13-6-4-5-7-14(13)24-20(25)29-11(2)17(26)21-12-8-9-15-16(10-12)23-19(28)22-15/h4-11H,3H2,1-2H3,(H,21,26)(H2,22,23,28). The lowest BCUT2D eigenvalue weighted by atomic mass is 10.2. The van der Waals surface area contributed by atoms with E-state index in [4.69, 9.17) is 0 Å². The van der Waals surface area contributed by atoms with Crippen molar-refractivity contribution in [3.63, 3.8) is 0 Å². The molecule has 3 N–H and O–H groups in total. The van der Waals surface area contributed by atoms with Crippen LogP contribution in [0.1, 0.15) is 13.8 Å². The Balaban J connectivity index is 1.58. The number of hydrogen-bond donors (Lipinski definition) is 3. The van der Waals surface area contributed by atoms with Crippen molar-refractivity contribution in [2.45, 2.75) is 30.8 Å². The van der Waals surface area contributed by atoms with Crippen LogP contribution in [0, 0.1) is 0 Å². The first-order chi connectivity index (χ1) is 14.0. The Kier molecular flexibility index (Phi) is 4.98. The number of fused-ring (bicyclic) bond motifs is 2. The van der Waals surface area contributed by atoms with E-state index in [0.717, 1.165) is 0 Å². The number of nitrogens with zero attached hydrogens (tertiary/aromatic N) is 2. The summed E-state index contributed by atoms with van der Waals surface area (Å²) in [5, 5.41) is 3.42. The number of para-hydroxylation sites is 1. The predicted octanol–water partition coefficient (Wildman–Crippen LogP) is 2.71. The molecular formula is C20H19N5O3S. The number of amides is 1. The Labute approximate surface area is 169 Å². The van der Waals surface area contributed by atoms with E-state index in [-0.39, 0.29) is 17.2 Å². The predicted molar refractivity (Wildman–Crippen MR) is 115 cm³/mol. The molecule has 0 aliphatic carbocycles. The molecule has 2 heterocycles. The molecule has 148 valence electrons. The largest absolute Gasteiger partial charge is 0.325 e. The number of aromatic nitrogens is 4. The second-order valence-corrected chi connectivity index (χ2v) is 7.86. The summed E-state index contributed by atoms with van der Waals surface area (Å²) in [4.78, 5) is 46.7. The molecule has 0 fully saturated rings. The molecule has 1 unspecified atom stereocenters. The van der Waals surface area contributed by atoms with Crippen molar-refractivity contribution in [2.24, 2.45) is 0 Å². The van der Waals surface area contributed by atoms with Crippen molar-refractivity contribution in [3.05, 3.63) is 63.3 Å². The van der Waals surface area contributed by atoms with Gasteiger partial charge in [-0.1, -0.05) is 23.9 Å². The second kappa shape index (κ2) is 7.59. The van der Waals surface area contributed by atoms with Crippen LogP contribution in [-0.4, -0.2) is 30.7 Å². The monoisotopic (exact) mass is 409 g/mol. The van der Waals surface area contributed by atoms with E-state index in [1.165, 1.54) is 11.8 Å². The lowest BCUT2D eigenvalue weighted by Gasteiger charge is -2.15. The first kappa shape index (κ1) is 19.0. The van der Waals surface area contributed by atoms with Gasteiger partial charge in [-0.15, -0.1) is 0 Å². The zero-order valence-corrected chi connectivity index (χ0v) is 16.7. The molecule has 0 aliphatic heterocycles. The van der Waals surface area contributed by atoms with E-state index in [2.05, 4.69) is 20.3 Å². The number of thioether (sulfide) groups is 1. The van der Waals surface area contributed by atoms with Crippen molar-refractivity contribution in [3.8, 4) is 0 Å². The molecule has 9 heteroatoms. The molecule has 1 amide bonds. The number of nitrogens with one attached hydrogen (secondary N) is 3. The first-order valence-electron chi connectivity index (χ1n) is 9.15. The summed E-state index contributed by atoms with van der Waals surface area (Å²) in [6, 6.07) is 12.3. The maximum atomic E-state index is 12.7. The zero-order valence-electron chi connectivity index (χ0n) is 15.9. The van der Waals surface area contributed by atoms with Crippen molar-refractivity contribution in [1.29, 1.82) is 0 Å². The zero-order chi connectivity index (χ0) is 20.5. The molecule has 4 aromatic rings. The van der Waals surface area contributed by atoms with Crippen molar-refractivity contribution in [2.75, 3.05) is 5.32 Å². The number of aromatic amines is 2. The normalized spacial score (nSPS) is 12.3. The Morgan fingerprint density at radius 2 is 1.93 bits per heavy atom. The fourth-order valence-corrected chi connectivity index (χ4v) is 4.05. The number of imidazole rings is 1. The van der Waals surface area contributed by atoms with Crippen LogP contribution in [-0.2, 0) is 11.3 Å². The number of rotatable bonds is 5. The van der Waals surface area contributed by atoms with Crippen molar-refractivity contribution >= 4 is 45.3 Å². The number of hydrogen-bond acceptors (Lipinski definition) is 5. The summed E-state index contributed by atoms with van der Waals surface area (Å²) in [6.45, 7) is 4.10. The van der Waals surface area contributed by atoms with E-state index in [0.29, 0.717) is 39.3 Å². The molecule has 0 saturated heterocycles. The van der Waals surface area contributed by atoms with Crippen LogP contribution >= 0.6 is 11.8 Å². The maximum Gasteiger partial charge on any atom is 0.323 e. The number of carbonyl (C=O) groups excluding carboxylic acids is 1. The summed E-state index contributed by atoms with van der Waals surface area (Å²) in [7, 11) is 0. The molecule has 0 bridgehead atoms. The molecule has 4 rings (SSSR count). The van der Waals surface area contributed by atoms with Crippen LogP contribution in [0.15, 0.2) is 57.2 Å². The van der Waals surface area contributed by atoms with Gasteiger partial charge in [0.05, 0.1) is 27.2 Å². The molecule has 0 spiro atoms. The molecule has 0 aliphatic rings. The van der Waals surface area contributed by atoms with Gasteiger partial charge >= 0.3 is 5.69 Å². The highest BCUT2D eigenvalue weighted by Gasteiger charge is 2.19. The molecule has 8 nitrogen and oxygen atoms in total. The highest BCUT2D eigenvalue weighted by molar-refractivity contribution is 8.00. The van der Waals surface area contributed by atoms with E-state index in [9.17, 15) is 14.4 Å². The summed E-state index contributed by atoms with van der Waals surface area (Å²) < 4.78 is 1.58. The van der Waals surface area contributed by atoms with Crippen molar-refractivity contribution < 1.29 is 4.79 Å². The number of carbonyl (C=O) groups is 1. The van der Waals surface area contributed by atoms with Gasteiger partial charge in [-0.25, -0.2) is 9.78 Å². The van der Waals surface area contributed by atoms with E-state index in [1.807, 2.05) is 19.1 Å². The van der Waals surface area contributed by atoms with Crippen LogP contribution in [0.4, 0.5) is 5.69 Å². The molecule has 1 atom stereocenters. The minimum absolute atomic E-state index is 0.116. The van der Waals surface area contributed by atoms with Crippen LogP contribution in [0.5, 0.6) is 0 Å². The van der Waals surface area contributed by atoms with Gasteiger partial charge in [0.2, 0.25) is 5.91 Å². The maximum absolute atomic E-state index is 12.7.